The Morgan fingerprint density at radius 2 is 1.82 bits per heavy atom. The molecule has 0 aromatic heterocycles. The molecule has 2 nitrogen and oxygen atoms in total. The van der Waals surface area contributed by atoms with Crippen LogP contribution in [0.15, 0.2) is 16.6 Å². The fraction of sp³-hybridized carbons (Fsp3) is 0.500. The Morgan fingerprint density at radius 3 is 2.29 bits per heavy atom. The van der Waals surface area contributed by atoms with E-state index in [1.54, 1.807) is 12.1 Å². The molecule has 0 fully saturated rings. The molecule has 0 aliphatic carbocycles. The molecule has 0 bridgehead atoms. The lowest BCUT2D eigenvalue weighted by Gasteiger charge is -2.36. The van der Waals surface area contributed by atoms with Crippen LogP contribution in [0.1, 0.15) is 20.8 Å². The first-order chi connectivity index (χ1) is 7.56. The van der Waals surface area contributed by atoms with E-state index < -0.39 is 14.1 Å². The maximum absolute atomic E-state index is 14.0. The van der Waals surface area contributed by atoms with E-state index >= 15 is 0 Å². The van der Waals surface area contributed by atoms with Gasteiger partial charge in [-0.05, 0) is 46.2 Å². The average molecular weight is 320 g/mol. The molecule has 1 rings (SSSR count). The zero-order chi connectivity index (χ0) is 13.4. The summed E-state index contributed by atoms with van der Waals surface area (Å²) >= 11 is 3.14. The third-order valence-electron chi connectivity index (χ3n) is 3.24. The quantitative estimate of drug-likeness (QED) is 0.641. The summed E-state index contributed by atoms with van der Waals surface area (Å²) in [6.07, 6.45) is 0. The van der Waals surface area contributed by atoms with Crippen LogP contribution < -0.4 is 10.2 Å². The van der Waals surface area contributed by atoms with Crippen molar-refractivity contribution in [2.45, 2.75) is 38.9 Å². The molecule has 17 heavy (non-hydrogen) atoms. The van der Waals surface area contributed by atoms with Crippen LogP contribution in [0.25, 0.3) is 0 Å². The van der Waals surface area contributed by atoms with Crippen LogP contribution in [0.5, 0.6) is 5.75 Å². The van der Waals surface area contributed by atoms with Crippen LogP contribution in [0.4, 0.5) is 10.1 Å². The molecule has 0 saturated carbocycles. The third kappa shape index (κ3) is 3.01. The Balaban J connectivity index is 3.16. The smallest absolute Gasteiger partial charge is 0.250 e. The molecule has 0 unspecified atom stereocenters. The van der Waals surface area contributed by atoms with Gasteiger partial charge in [0.1, 0.15) is 0 Å². The minimum Gasteiger partial charge on any atom is -0.540 e. The Kier molecular flexibility index (Phi) is 3.93. The molecule has 0 aliphatic rings. The average Bonchev–Trinajstić information content (AvgIpc) is 2.17. The second-order valence-electron chi connectivity index (χ2n) is 5.64. The van der Waals surface area contributed by atoms with Crippen LogP contribution in [0, 0.1) is 5.82 Å². The van der Waals surface area contributed by atoms with Crippen LogP contribution in [0.2, 0.25) is 18.1 Å². The Morgan fingerprint density at radius 1 is 1.29 bits per heavy atom. The minimum absolute atomic E-state index is 0.00813. The number of halogens is 2. The van der Waals surface area contributed by atoms with Crippen LogP contribution >= 0.6 is 15.9 Å². The standard InChI is InChI=1S/C12H19BrFNOSi/c1-12(2,3)17(4,5)16-11-9(15)7-6-8(13)10(11)14/h6-7H,15H2,1-5H3. The molecule has 1 aromatic carbocycles. The van der Waals surface area contributed by atoms with Crippen LogP contribution in [-0.2, 0) is 0 Å². The second kappa shape index (κ2) is 4.61. The van der Waals surface area contributed by atoms with Gasteiger partial charge in [0, 0.05) is 0 Å². The SMILES string of the molecule is CC(C)(C)[Si](C)(C)Oc1c(N)ccc(Br)c1F. The molecule has 0 amide bonds. The molecule has 96 valence electrons. The molecular formula is C12H19BrFNOSi. The third-order valence-corrected chi connectivity index (χ3v) is 8.18. The summed E-state index contributed by atoms with van der Waals surface area (Å²) in [6.45, 7) is 10.4. The molecule has 0 aliphatic heterocycles. The highest BCUT2D eigenvalue weighted by Gasteiger charge is 2.40. The van der Waals surface area contributed by atoms with Crippen molar-refractivity contribution in [3.8, 4) is 5.75 Å². The number of rotatable bonds is 2. The summed E-state index contributed by atoms with van der Waals surface area (Å²) in [5.74, 6) is -0.249. The van der Waals surface area contributed by atoms with Crippen molar-refractivity contribution >= 4 is 29.9 Å². The lowest BCUT2D eigenvalue weighted by molar-refractivity contribution is 0.457. The molecule has 1 aromatic rings. The molecule has 0 radical (unpaired) electrons. The summed E-state index contributed by atoms with van der Waals surface area (Å²) < 4.78 is 20.2. The maximum Gasteiger partial charge on any atom is 0.250 e. The first-order valence-corrected chi connectivity index (χ1v) is 9.19. The molecule has 2 N–H and O–H groups in total. The van der Waals surface area contributed by atoms with E-state index in [1.807, 2.05) is 0 Å². The van der Waals surface area contributed by atoms with Gasteiger partial charge >= 0.3 is 0 Å². The number of nitrogens with two attached hydrogens (primary N) is 1. The Bertz CT molecular complexity index is 429. The van der Waals surface area contributed by atoms with E-state index in [-0.39, 0.29) is 10.8 Å². The first kappa shape index (κ1) is 14.5. The Hall–Kier alpha value is -0.553. The van der Waals surface area contributed by atoms with Crippen molar-refractivity contribution in [2.24, 2.45) is 0 Å². The van der Waals surface area contributed by atoms with Gasteiger partial charge in [0.25, 0.3) is 8.32 Å². The number of nitrogen functional groups attached to an aromatic ring is 1. The predicted molar refractivity (Wildman–Crippen MR) is 76.3 cm³/mol. The highest BCUT2D eigenvalue weighted by molar-refractivity contribution is 9.10. The lowest BCUT2D eigenvalue weighted by Crippen LogP contribution is -2.44. The fourth-order valence-corrected chi connectivity index (χ4v) is 2.40. The molecular weight excluding hydrogens is 301 g/mol. The van der Waals surface area contributed by atoms with Crippen molar-refractivity contribution in [3.63, 3.8) is 0 Å². The summed E-state index contributed by atoms with van der Waals surface area (Å²) in [4.78, 5) is 0. The van der Waals surface area contributed by atoms with Crippen molar-refractivity contribution < 1.29 is 8.82 Å². The van der Waals surface area contributed by atoms with Crippen molar-refractivity contribution in [1.82, 2.24) is 0 Å². The number of hydrogen-bond acceptors (Lipinski definition) is 2. The lowest BCUT2D eigenvalue weighted by atomic mass is 10.2. The topological polar surface area (TPSA) is 35.2 Å². The monoisotopic (exact) mass is 319 g/mol. The molecule has 0 heterocycles. The molecule has 0 atom stereocenters. The van der Waals surface area contributed by atoms with Gasteiger partial charge in [0.05, 0.1) is 10.2 Å². The molecule has 5 heteroatoms. The number of benzene rings is 1. The van der Waals surface area contributed by atoms with Crippen molar-refractivity contribution in [1.29, 1.82) is 0 Å². The highest BCUT2D eigenvalue weighted by atomic mass is 79.9. The van der Waals surface area contributed by atoms with Gasteiger partial charge in [0.15, 0.2) is 11.6 Å². The summed E-state index contributed by atoms with van der Waals surface area (Å²) in [7, 11) is -2.07. The van der Waals surface area contributed by atoms with E-state index in [2.05, 4.69) is 49.8 Å². The van der Waals surface area contributed by atoms with Crippen LogP contribution in [0.3, 0.4) is 0 Å². The minimum atomic E-state index is -2.07. The largest absolute Gasteiger partial charge is 0.540 e. The number of anilines is 1. The van der Waals surface area contributed by atoms with Gasteiger partial charge in [0.2, 0.25) is 0 Å². The maximum atomic E-state index is 14.0. The first-order valence-electron chi connectivity index (χ1n) is 5.49. The summed E-state index contributed by atoms with van der Waals surface area (Å²) in [5, 5.41) is 0.00813. The molecule has 0 spiro atoms. The second-order valence-corrected chi connectivity index (χ2v) is 11.2. The van der Waals surface area contributed by atoms with Crippen molar-refractivity contribution in [2.75, 3.05) is 5.73 Å². The van der Waals surface area contributed by atoms with Crippen molar-refractivity contribution in [3.05, 3.63) is 22.4 Å². The zero-order valence-corrected chi connectivity index (χ0v) is 13.5. The summed E-state index contributed by atoms with van der Waals surface area (Å²) in [5.41, 5.74) is 6.12. The van der Waals surface area contributed by atoms with E-state index in [0.29, 0.717) is 10.2 Å². The molecule has 0 saturated heterocycles. The van der Waals surface area contributed by atoms with E-state index in [0.717, 1.165) is 0 Å². The predicted octanol–water partition coefficient (Wildman–Crippen LogP) is 4.55. The summed E-state index contributed by atoms with van der Waals surface area (Å²) in [6, 6.07) is 3.23. The number of hydrogen-bond donors (Lipinski definition) is 1. The van der Waals surface area contributed by atoms with Gasteiger partial charge in [-0.25, -0.2) is 4.39 Å². The van der Waals surface area contributed by atoms with Gasteiger partial charge in [-0.2, -0.15) is 0 Å². The van der Waals surface area contributed by atoms with E-state index in [4.69, 9.17) is 10.2 Å². The zero-order valence-electron chi connectivity index (χ0n) is 10.9. The fourth-order valence-electron chi connectivity index (χ4n) is 1.06. The van der Waals surface area contributed by atoms with Gasteiger partial charge in [-0.15, -0.1) is 0 Å². The van der Waals surface area contributed by atoms with Gasteiger partial charge < -0.3 is 10.2 Å². The van der Waals surface area contributed by atoms with E-state index in [9.17, 15) is 4.39 Å². The Labute approximate surface area is 112 Å². The normalized spacial score (nSPS) is 12.6. The van der Waals surface area contributed by atoms with E-state index in [1.165, 1.54) is 0 Å². The van der Waals surface area contributed by atoms with Gasteiger partial charge in [-0.3, -0.25) is 0 Å². The van der Waals surface area contributed by atoms with Gasteiger partial charge in [-0.1, -0.05) is 20.8 Å². The van der Waals surface area contributed by atoms with Crippen LogP contribution in [-0.4, -0.2) is 8.32 Å². The highest BCUT2D eigenvalue weighted by Crippen LogP contribution is 2.40.